The van der Waals surface area contributed by atoms with Crippen molar-refractivity contribution in [3.63, 3.8) is 0 Å². The van der Waals surface area contributed by atoms with Crippen molar-refractivity contribution in [3.05, 3.63) is 69.3 Å². The van der Waals surface area contributed by atoms with Crippen LogP contribution >= 0.6 is 0 Å². The lowest BCUT2D eigenvalue weighted by Crippen LogP contribution is -2.32. The van der Waals surface area contributed by atoms with Gasteiger partial charge in [-0.25, -0.2) is 9.97 Å². The van der Waals surface area contributed by atoms with E-state index in [-0.39, 0.29) is 17.7 Å². The van der Waals surface area contributed by atoms with Crippen LogP contribution in [-0.4, -0.2) is 41.3 Å². The smallest absolute Gasteiger partial charge is 0.278 e. The fourth-order valence-electron chi connectivity index (χ4n) is 4.78. The van der Waals surface area contributed by atoms with Gasteiger partial charge in [0.15, 0.2) is 0 Å². The first kappa shape index (κ1) is 24.0. The largest absolute Gasteiger partial charge is 0.376 e. The Morgan fingerprint density at radius 3 is 2.62 bits per heavy atom. The number of ether oxygens (including phenoxy) is 1. The van der Waals surface area contributed by atoms with E-state index in [1.165, 1.54) is 11.1 Å². The van der Waals surface area contributed by atoms with Crippen LogP contribution < -0.4 is 15.8 Å². The van der Waals surface area contributed by atoms with E-state index in [9.17, 15) is 4.79 Å². The van der Waals surface area contributed by atoms with Crippen molar-refractivity contribution in [1.82, 2.24) is 14.5 Å². The molecule has 1 aliphatic carbocycles. The highest BCUT2D eigenvalue weighted by Crippen LogP contribution is 2.36. The van der Waals surface area contributed by atoms with Gasteiger partial charge in [-0.05, 0) is 49.9 Å². The van der Waals surface area contributed by atoms with Gasteiger partial charge in [0.1, 0.15) is 17.3 Å². The molecular formula is C27H35N5O2. The molecule has 34 heavy (non-hydrogen) atoms. The molecule has 1 aliphatic rings. The lowest BCUT2D eigenvalue weighted by molar-refractivity contribution is 0.0572. The van der Waals surface area contributed by atoms with Crippen molar-refractivity contribution in [2.24, 2.45) is 0 Å². The molecule has 0 bridgehead atoms. The van der Waals surface area contributed by atoms with Crippen LogP contribution in [0.15, 0.2) is 41.3 Å². The molecule has 0 aliphatic heterocycles. The van der Waals surface area contributed by atoms with Crippen molar-refractivity contribution < 1.29 is 4.74 Å². The monoisotopic (exact) mass is 461 g/mol. The summed E-state index contributed by atoms with van der Waals surface area (Å²) < 4.78 is 7.91. The van der Waals surface area contributed by atoms with Gasteiger partial charge in [-0.1, -0.05) is 31.2 Å². The predicted molar refractivity (Wildman–Crippen MR) is 138 cm³/mol. The second-order valence-electron chi connectivity index (χ2n) is 8.93. The van der Waals surface area contributed by atoms with Gasteiger partial charge < -0.3 is 15.0 Å². The Balaban J connectivity index is 1.81. The average molecular weight is 462 g/mol. The highest BCUT2D eigenvalue weighted by Gasteiger charge is 2.34. The van der Waals surface area contributed by atoms with E-state index < -0.39 is 0 Å². The summed E-state index contributed by atoms with van der Waals surface area (Å²) in [6, 6.07) is 10.4. The molecule has 0 fully saturated rings. The van der Waals surface area contributed by atoms with Crippen molar-refractivity contribution in [2.75, 3.05) is 30.9 Å². The van der Waals surface area contributed by atoms with E-state index in [2.05, 4.69) is 41.5 Å². The zero-order chi connectivity index (χ0) is 24.4. The molecule has 180 valence electrons. The molecule has 1 aromatic carbocycles. The van der Waals surface area contributed by atoms with Gasteiger partial charge >= 0.3 is 0 Å². The lowest BCUT2D eigenvalue weighted by Gasteiger charge is -2.26. The summed E-state index contributed by atoms with van der Waals surface area (Å²) >= 11 is 0. The Hall–Kier alpha value is -3.19. The van der Waals surface area contributed by atoms with Crippen molar-refractivity contribution in [1.29, 1.82) is 0 Å². The minimum Gasteiger partial charge on any atom is -0.376 e. The van der Waals surface area contributed by atoms with Crippen LogP contribution in [0.2, 0.25) is 0 Å². The number of hydrogen-bond donors (Lipinski definition) is 1. The molecule has 7 nitrogen and oxygen atoms in total. The Morgan fingerprint density at radius 1 is 1.21 bits per heavy atom. The number of benzene rings is 1. The maximum atomic E-state index is 13.7. The number of nitrogens with one attached hydrogen (secondary N) is 1. The number of aryl methyl sites for hydroxylation is 2. The standard InChI is InChI=1S/C27H35N5O2/c1-7-21-26(30-24-19-13-11-10-12-18(19)15-22(24)34-9-3)32(8-2)27(33)25(29-21)20-16-28-23(31(5)6)14-17(20)4/h10-14,16,22,24,30H,7-9,15H2,1-6H3/t22-,24?/m0/s1. The normalized spacial score (nSPS) is 17.0. The second kappa shape index (κ2) is 9.97. The summed E-state index contributed by atoms with van der Waals surface area (Å²) in [4.78, 5) is 25.0. The average Bonchev–Trinajstić information content (AvgIpc) is 3.17. The molecular weight excluding hydrogens is 426 g/mol. The van der Waals surface area contributed by atoms with E-state index in [1.54, 1.807) is 6.20 Å². The number of anilines is 2. The van der Waals surface area contributed by atoms with Gasteiger partial charge in [0.05, 0.1) is 17.8 Å². The summed E-state index contributed by atoms with van der Waals surface area (Å²) in [5.74, 6) is 1.63. The molecule has 0 radical (unpaired) electrons. The maximum Gasteiger partial charge on any atom is 0.278 e. The Bertz CT molecular complexity index is 1230. The van der Waals surface area contributed by atoms with Crippen molar-refractivity contribution >= 4 is 11.6 Å². The summed E-state index contributed by atoms with van der Waals surface area (Å²) in [6.07, 6.45) is 3.33. The molecule has 0 saturated heterocycles. The van der Waals surface area contributed by atoms with Gasteiger partial charge in [-0.15, -0.1) is 0 Å². The van der Waals surface area contributed by atoms with Crippen LogP contribution in [0.1, 0.15) is 49.2 Å². The number of hydrogen-bond acceptors (Lipinski definition) is 6. The molecule has 0 spiro atoms. The molecule has 2 atom stereocenters. The Morgan fingerprint density at radius 2 is 1.97 bits per heavy atom. The molecule has 1 N–H and O–H groups in total. The van der Waals surface area contributed by atoms with Gasteiger partial charge in [0.25, 0.3) is 5.56 Å². The third kappa shape index (κ3) is 4.32. The molecule has 0 saturated carbocycles. The zero-order valence-corrected chi connectivity index (χ0v) is 21.1. The van der Waals surface area contributed by atoms with Crippen molar-refractivity contribution in [2.45, 2.75) is 59.2 Å². The molecule has 3 aromatic rings. The van der Waals surface area contributed by atoms with E-state index in [4.69, 9.17) is 9.72 Å². The molecule has 0 amide bonds. The van der Waals surface area contributed by atoms with Crippen LogP contribution in [0.25, 0.3) is 11.3 Å². The fraction of sp³-hybridized carbons (Fsp3) is 0.444. The summed E-state index contributed by atoms with van der Waals surface area (Å²) in [6.45, 7) is 9.28. The molecule has 2 aromatic heterocycles. The molecule has 7 heteroatoms. The molecule has 1 unspecified atom stereocenters. The first-order valence-electron chi connectivity index (χ1n) is 12.1. The minimum absolute atomic E-state index is 0.0113. The second-order valence-corrected chi connectivity index (χ2v) is 8.93. The number of pyridine rings is 1. The third-order valence-corrected chi connectivity index (χ3v) is 6.55. The number of aromatic nitrogens is 3. The first-order chi connectivity index (χ1) is 16.4. The van der Waals surface area contributed by atoms with Crippen molar-refractivity contribution in [3.8, 4) is 11.3 Å². The quantitative estimate of drug-likeness (QED) is 0.537. The van der Waals surface area contributed by atoms with E-state index >= 15 is 0 Å². The Kier molecular flexibility index (Phi) is 7.03. The van der Waals surface area contributed by atoms with E-state index in [0.717, 1.165) is 34.9 Å². The third-order valence-electron chi connectivity index (χ3n) is 6.55. The summed E-state index contributed by atoms with van der Waals surface area (Å²) in [7, 11) is 3.91. The number of nitrogens with zero attached hydrogens (tertiary/aromatic N) is 4. The van der Waals surface area contributed by atoms with Gasteiger partial charge in [-0.3, -0.25) is 9.36 Å². The summed E-state index contributed by atoms with van der Waals surface area (Å²) in [5.41, 5.74) is 5.48. The number of rotatable bonds is 8. The zero-order valence-electron chi connectivity index (χ0n) is 21.1. The Labute approximate surface area is 201 Å². The maximum absolute atomic E-state index is 13.7. The first-order valence-corrected chi connectivity index (χ1v) is 12.1. The highest BCUT2D eigenvalue weighted by atomic mass is 16.5. The molecule has 4 rings (SSSR count). The summed E-state index contributed by atoms with van der Waals surface area (Å²) in [5, 5.41) is 3.68. The minimum atomic E-state index is -0.107. The van der Waals surface area contributed by atoms with Crippen LogP contribution in [0.4, 0.5) is 11.6 Å². The van der Waals surface area contributed by atoms with Gasteiger partial charge in [0, 0.05) is 45.4 Å². The van der Waals surface area contributed by atoms with Crippen LogP contribution in [0.5, 0.6) is 0 Å². The van der Waals surface area contributed by atoms with Crippen LogP contribution in [0, 0.1) is 6.92 Å². The van der Waals surface area contributed by atoms with E-state index in [1.807, 2.05) is 50.4 Å². The van der Waals surface area contributed by atoms with E-state index in [0.29, 0.717) is 25.3 Å². The predicted octanol–water partition coefficient (Wildman–Crippen LogP) is 4.38. The number of fused-ring (bicyclic) bond motifs is 1. The molecule has 2 heterocycles. The SMILES string of the molecule is CCO[C@H]1Cc2ccccc2C1Nc1c(CC)nc(-c2cnc(N(C)C)cc2C)c(=O)n1CC. The van der Waals surface area contributed by atoms with Crippen LogP contribution in [0.3, 0.4) is 0 Å². The lowest BCUT2D eigenvalue weighted by atomic mass is 10.1. The topological polar surface area (TPSA) is 72.3 Å². The van der Waals surface area contributed by atoms with Crippen LogP contribution in [-0.2, 0) is 24.1 Å². The van der Waals surface area contributed by atoms with Gasteiger partial charge in [-0.2, -0.15) is 0 Å². The fourth-order valence-corrected chi connectivity index (χ4v) is 4.78. The van der Waals surface area contributed by atoms with Gasteiger partial charge in [0.2, 0.25) is 0 Å². The highest BCUT2D eigenvalue weighted by molar-refractivity contribution is 5.65.